The van der Waals surface area contributed by atoms with E-state index in [1.165, 1.54) is 0 Å². The van der Waals surface area contributed by atoms with Crippen molar-refractivity contribution in [2.24, 2.45) is 0 Å². The quantitative estimate of drug-likeness (QED) is 0.497. The highest BCUT2D eigenvalue weighted by Crippen LogP contribution is 2.21. The van der Waals surface area contributed by atoms with Crippen LogP contribution in [0.15, 0.2) is 0 Å². The third-order valence-electron chi connectivity index (χ3n) is 2.52. The molecule has 1 fully saturated rings. The topological polar surface area (TPSA) is 111 Å². The van der Waals surface area contributed by atoms with Gasteiger partial charge in [-0.2, -0.15) is 0 Å². The molecule has 1 aliphatic heterocycles. The highest BCUT2D eigenvalue weighted by molar-refractivity contribution is 6.10. The number of hydrogen-bond donors (Lipinski definition) is 2. The van der Waals surface area contributed by atoms with Crippen LogP contribution in [0.1, 0.15) is 26.7 Å². The van der Waals surface area contributed by atoms with Crippen molar-refractivity contribution >= 4 is 23.9 Å². The van der Waals surface area contributed by atoms with E-state index in [1.807, 2.05) is 5.32 Å². The van der Waals surface area contributed by atoms with Crippen LogP contribution in [0.25, 0.3) is 0 Å². The summed E-state index contributed by atoms with van der Waals surface area (Å²) >= 11 is 0. The average Bonchev–Trinajstić information content (AvgIpc) is 2.53. The van der Waals surface area contributed by atoms with Gasteiger partial charge in [0, 0.05) is 0 Å². The van der Waals surface area contributed by atoms with E-state index in [-0.39, 0.29) is 13.2 Å². The van der Waals surface area contributed by atoms with Crippen molar-refractivity contribution in [3.63, 3.8) is 0 Å². The molecule has 0 aromatic carbocycles. The van der Waals surface area contributed by atoms with Crippen LogP contribution in [-0.2, 0) is 23.9 Å². The molecule has 1 heterocycles. The molecule has 2 N–H and O–H groups in total. The molecule has 8 nitrogen and oxygen atoms in total. The number of carbonyl (C=O) groups is 4. The van der Waals surface area contributed by atoms with Gasteiger partial charge in [-0.3, -0.25) is 19.7 Å². The number of rotatable bonds is 6. The van der Waals surface area contributed by atoms with Gasteiger partial charge < -0.3 is 14.8 Å². The fraction of sp³-hybridized carbons (Fsp3) is 0.636. The molecule has 19 heavy (non-hydrogen) atoms. The van der Waals surface area contributed by atoms with Crippen molar-refractivity contribution in [1.82, 2.24) is 10.6 Å². The summed E-state index contributed by atoms with van der Waals surface area (Å²) in [4.78, 5) is 46.0. The number of urea groups is 1. The van der Waals surface area contributed by atoms with Gasteiger partial charge >= 0.3 is 18.0 Å². The number of carbonyl (C=O) groups excluding carboxylic acids is 4. The van der Waals surface area contributed by atoms with Crippen LogP contribution in [-0.4, -0.2) is 42.6 Å². The Balaban J connectivity index is 2.85. The standard InChI is InChI=1S/C11H16N2O6/c1-3-18-7(14)5-11(6-8(15)19-4-2)9(16)12-10(17)13-11/h3-6H2,1-2H3,(H2,12,13,16,17). The smallest absolute Gasteiger partial charge is 0.322 e. The minimum Gasteiger partial charge on any atom is -0.466 e. The van der Waals surface area contributed by atoms with Gasteiger partial charge in [0.2, 0.25) is 0 Å². The summed E-state index contributed by atoms with van der Waals surface area (Å²) < 4.78 is 9.46. The van der Waals surface area contributed by atoms with Crippen molar-refractivity contribution in [2.45, 2.75) is 32.2 Å². The molecule has 3 amide bonds. The Hall–Kier alpha value is -2.12. The van der Waals surface area contributed by atoms with Crippen LogP contribution in [0.5, 0.6) is 0 Å². The van der Waals surface area contributed by atoms with E-state index in [4.69, 9.17) is 9.47 Å². The van der Waals surface area contributed by atoms with E-state index in [9.17, 15) is 19.2 Å². The molecule has 0 aromatic heterocycles. The molecule has 1 saturated heterocycles. The molecule has 0 unspecified atom stereocenters. The molecule has 0 bridgehead atoms. The minimum atomic E-state index is -1.63. The second kappa shape index (κ2) is 6.17. The Bertz CT molecular complexity index is 386. The number of ether oxygens (including phenoxy) is 2. The zero-order chi connectivity index (χ0) is 14.5. The van der Waals surface area contributed by atoms with Gasteiger partial charge in [0.05, 0.1) is 26.1 Å². The lowest BCUT2D eigenvalue weighted by atomic mass is 9.91. The van der Waals surface area contributed by atoms with Gasteiger partial charge in [0.15, 0.2) is 0 Å². The Morgan fingerprint density at radius 1 is 1.05 bits per heavy atom. The zero-order valence-electron chi connectivity index (χ0n) is 10.8. The van der Waals surface area contributed by atoms with Crippen LogP contribution >= 0.6 is 0 Å². The van der Waals surface area contributed by atoms with Gasteiger partial charge in [-0.05, 0) is 13.8 Å². The van der Waals surface area contributed by atoms with Gasteiger partial charge in [-0.15, -0.1) is 0 Å². The maximum Gasteiger partial charge on any atom is 0.322 e. The number of amides is 3. The normalized spacial score (nSPS) is 16.5. The lowest BCUT2D eigenvalue weighted by Crippen LogP contribution is -2.50. The van der Waals surface area contributed by atoms with Gasteiger partial charge in [-0.1, -0.05) is 0 Å². The number of nitrogens with one attached hydrogen (secondary N) is 2. The third-order valence-corrected chi connectivity index (χ3v) is 2.52. The van der Waals surface area contributed by atoms with E-state index in [0.717, 1.165) is 0 Å². The second-order valence-electron chi connectivity index (χ2n) is 3.95. The predicted molar refractivity (Wildman–Crippen MR) is 61.9 cm³/mol. The monoisotopic (exact) mass is 272 g/mol. The molecule has 1 rings (SSSR count). The Labute approximate surface area is 109 Å². The molecular formula is C11H16N2O6. The number of imide groups is 1. The average molecular weight is 272 g/mol. The maximum absolute atomic E-state index is 11.8. The molecule has 0 aromatic rings. The Kier molecular flexibility index (Phi) is 4.85. The Morgan fingerprint density at radius 3 is 1.84 bits per heavy atom. The van der Waals surface area contributed by atoms with Crippen molar-refractivity contribution < 1.29 is 28.7 Å². The largest absolute Gasteiger partial charge is 0.466 e. The SMILES string of the molecule is CCOC(=O)CC1(CC(=O)OCC)NC(=O)NC1=O. The van der Waals surface area contributed by atoms with Crippen molar-refractivity contribution in [2.75, 3.05) is 13.2 Å². The lowest BCUT2D eigenvalue weighted by molar-refractivity contribution is -0.151. The molecule has 0 atom stereocenters. The first kappa shape index (κ1) is 14.9. The van der Waals surface area contributed by atoms with Crippen molar-refractivity contribution in [3.05, 3.63) is 0 Å². The predicted octanol–water partition coefficient (Wildman–Crippen LogP) is -0.529. The van der Waals surface area contributed by atoms with E-state index in [0.29, 0.717) is 0 Å². The summed E-state index contributed by atoms with van der Waals surface area (Å²) in [6.07, 6.45) is -0.839. The van der Waals surface area contributed by atoms with Crippen LogP contribution in [0.3, 0.4) is 0 Å². The summed E-state index contributed by atoms with van der Waals surface area (Å²) in [6, 6.07) is -0.751. The first-order valence-electron chi connectivity index (χ1n) is 5.88. The molecule has 106 valence electrons. The molecule has 1 aliphatic rings. The fourth-order valence-corrected chi connectivity index (χ4v) is 1.76. The Morgan fingerprint density at radius 2 is 1.53 bits per heavy atom. The summed E-state index contributed by atoms with van der Waals surface area (Å²) in [5, 5.41) is 4.29. The molecule has 0 radical (unpaired) electrons. The summed E-state index contributed by atoms with van der Waals surface area (Å²) in [5.74, 6) is -2.09. The van der Waals surface area contributed by atoms with Crippen LogP contribution in [0.4, 0.5) is 4.79 Å². The van der Waals surface area contributed by atoms with Crippen molar-refractivity contribution in [1.29, 1.82) is 0 Å². The van der Waals surface area contributed by atoms with Crippen LogP contribution < -0.4 is 10.6 Å². The van der Waals surface area contributed by atoms with E-state index in [1.54, 1.807) is 13.8 Å². The van der Waals surface area contributed by atoms with E-state index < -0.39 is 42.3 Å². The number of esters is 2. The lowest BCUT2D eigenvalue weighted by Gasteiger charge is -2.23. The molecule has 0 aliphatic carbocycles. The zero-order valence-corrected chi connectivity index (χ0v) is 10.8. The minimum absolute atomic E-state index is 0.143. The summed E-state index contributed by atoms with van der Waals surface area (Å²) in [6.45, 7) is 3.51. The first-order chi connectivity index (χ1) is 8.93. The highest BCUT2D eigenvalue weighted by atomic mass is 16.5. The molecular weight excluding hydrogens is 256 g/mol. The molecule has 0 spiro atoms. The van der Waals surface area contributed by atoms with Gasteiger partial charge in [-0.25, -0.2) is 4.79 Å². The highest BCUT2D eigenvalue weighted by Gasteiger charge is 2.49. The summed E-state index contributed by atoms with van der Waals surface area (Å²) in [7, 11) is 0. The van der Waals surface area contributed by atoms with Gasteiger partial charge in [0.25, 0.3) is 5.91 Å². The molecule has 8 heteroatoms. The van der Waals surface area contributed by atoms with Crippen molar-refractivity contribution in [3.8, 4) is 0 Å². The number of hydrogen-bond acceptors (Lipinski definition) is 6. The van der Waals surface area contributed by atoms with Crippen LogP contribution in [0.2, 0.25) is 0 Å². The molecule has 0 saturated carbocycles. The fourth-order valence-electron chi connectivity index (χ4n) is 1.76. The first-order valence-corrected chi connectivity index (χ1v) is 5.88. The third kappa shape index (κ3) is 3.67. The second-order valence-corrected chi connectivity index (χ2v) is 3.95. The van der Waals surface area contributed by atoms with E-state index in [2.05, 4.69) is 5.32 Å². The summed E-state index contributed by atoms with van der Waals surface area (Å²) in [5.41, 5.74) is -1.63. The maximum atomic E-state index is 11.8. The van der Waals surface area contributed by atoms with Gasteiger partial charge in [0.1, 0.15) is 5.54 Å². The van der Waals surface area contributed by atoms with Crippen LogP contribution in [0, 0.1) is 0 Å². The van der Waals surface area contributed by atoms with E-state index >= 15 is 0 Å².